The smallest absolute Gasteiger partial charge is 0.414 e. The molecule has 1 heterocycles. The highest BCUT2D eigenvalue weighted by atomic mass is 16.6. The van der Waals surface area contributed by atoms with E-state index in [1.807, 2.05) is 42.5 Å². The van der Waals surface area contributed by atoms with Crippen LogP contribution < -0.4 is 0 Å². The molecular formula is C14H15NO3. The van der Waals surface area contributed by atoms with E-state index < -0.39 is 0 Å². The van der Waals surface area contributed by atoms with Crippen molar-refractivity contribution in [2.45, 2.75) is 6.61 Å². The van der Waals surface area contributed by atoms with E-state index >= 15 is 0 Å². The van der Waals surface area contributed by atoms with E-state index in [9.17, 15) is 4.79 Å². The quantitative estimate of drug-likeness (QED) is 0.821. The second kappa shape index (κ2) is 5.91. The van der Waals surface area contributed by atoms with Crippen LogP contribution in [-0.4, -0.2) is 24.6 Å². The zero-order chi connectivity index (χ0) is 12.8. The van der Waals surface area contributed by atoms with Gasteiger partial charge >= 0.3 is 6.09 Å². The third kappa shape index (κ3) is 3.13. The minimum Gasteiger partial charge on any atom is -0.495 e. The predicted molar refractivity (Wildman–Crippen MR) is 67.6 cm³/mol. The van der Waals surface area contributed by atoms with Crippen LogP contribution in [0.2, 0.25) is 0 Å². The zero-order valence-corrected chi connectivity index (χ0v) is 10.2. The first-order valence-corrected chi connectivity index (χ1v) is 5.69. The van der Waals surface area contributed by atoms with Crippen molar-refractivity contribution in [2.24, 2.45) is 0 Å². The van der Waals surface area contributed by atoms with Gasteiger partial charge in [0.25, 0.3) is 0 Å². The average Bonchev–Trinajstić information content (AvgIpc) is 2.46. The molecule has 0 aromatic heterocycles. The molecule has 4 nitrogen and oxygen atoms in total. The SMILES string of the molecule is COC1=CN(C(=O)OCc2ccccc2)CC=C1. The van der Waals surface area contributed by atoms with E-state index in [0.29, 0.717) is 12.3 Å². The van der Waals surface area contributed by atoms with Crippen molar-refractivity contribution in [3.8, 4) is 0 Å². The molecule has 1 aromatic carbocycles. The molecule has 1 aliphatic heterocycles. The summed E-state index contributed by atoms with van der Waals surface area (Å²) in [7, 11) is 1.56. The van der Waals surface area contributed by atoms with Crippen molar-refractivity contribution >= 4 is 6.09 Å². The molecule has 0 radical (unpaired) electrons. The fourth-order valence-electron chi connectivity index (χ4n) is 1.58. The largest absolute Gasteiger partial charge is 0.495 e. The Labute approximate surface area is 106 Å². The summed E-state index contributed by atoms with van der Waals surface area (Å²) in [5.74, 6) is 0.637. The maximum atomic E-state index is 11.8. The van der Waals surface area contributed by atoms with Crippen LogP contribution in [-0.2, 0) is 16.1 Å². The zero-order valence-electron chi connectivity index (χ0n) is 10.2. The maximum absolute atomic E-state index is 11.8. The lowest BCUT2D eigenvalue weighted by atomic mass is 10.2. The first-order chi connectivity index (χ1) is 8.79. The van der Waals surface area contributed by atoms with Crippen LogP contribution in [0.5, 0.6) is 0 Å². The van der Waals surface area contributed by atoms with Crippen molar-refractivity contribution in [1.29, 1.82) is 0 Å². The Morgan fingerprint density at radius 1 is 1.33 bits per heavy atom. The van der Waals surface area contributed by atoms with Crippen molar-refractivity contribution < 1.29 is 14.3 Å². The Hall–Kier alpha value is -2.23. The van der Waals surface area contributed by atoms with Crippen LogP contribution in [0, 0.1) is 0 Å². The average molecular weight is 245 g/mol. The number of ether oxygens (including phenoxy) is 2. The number of allylic oxidation sites excluding steroid dienone is 1. The van der Waals surface area contributed by atoms with Gasteiger partial charge in [0.05, 0.1) is 13.3 Å². The summed E-state index contributed by atoms with van der Waals surface area (Å²) in [6, 6.07) is 9.58. The Kier molecular flexibility index (Phi) is 4.02. The molecular weight excluding hydrogens is 230 g/mol. The van der Waals surface area contributed by atoms with Gasteiger partial charge in [0.2, 0.25) is 0 Å². The van der Waals surface area contributed by atoms with Crippen LogP contribution in [0.1, 0.15) is 5.56 Å². The number of amides is 1. The van der Waals surface area contributed by atoms with Gasteiger partial charge in [-0.25, -0.2) is 4.79 Å². The molecule has 0 atom stereocenters. The molecule has 1 aliphatic rings. The Bertz CT molecular complexity index is 465. The van der Waals surface area contributed by atoms with E-state index in [4.69, 9.17) is 9.47 Å². The van der Waals surface area contributed by atoms with E-state index in [-0.39, 0.29) is 12.7 Å². The van der Waals surface area contributed by atoms with Gasteiger partial charge in [-0.3, -0.25) is 4.90 Å². The molecule has 1 amide bonds. The first-order valence-electron chi connectivity index (χ1n) is 5.69. The molecule has 0 bridgehead atoms. The summed E-state index contributed by atoms with van der Waals surface area (Å²) in [5, 5.41) is 0. The Morgan fingerprint density at radius 3 is 2.83 bits per heavy atom. The van der Waals surface area contributed by atoms with Gasteiger partial charge in [0, 0.05) is 6.54 Å². The molecule has 0 saturated heterocycles. The lowest BCUT2D eigenvalue weighted by Gasteiger charge is -2.20. The molecule has 0 N–H and O–H groups in total. The van der Waals surface area contributed by atoms with Crippen LogP contribution in [0.4, 0.5) is 4.79 Å². The number of benzene rings is 1. The lowest BCUT2D eigenvalue weighted by molar-refractivity contribution is 0.111. The van der Waals surface area contributed by atoms with Crippen molar-refractivity contribution in [3.63, 3.8) is 0 Å². The summed E-state index contributed by atoms with van der Waals surface area (Å²) in [6.45, 7) is 0.774. The monoisotopic (exact) mass is 245 g/mol. The number of methoxy groups -OCH3 is 1. The van der Waals surface area contributed by atoms with E-state index in [2.05, 4.69) is 0 Å². The number of carbonyl (C=O) groups is 1. The molecule has 94 valence electrons. The number of rotatable bonds is 3. The van der Waals surface area contributed by atoms with E-state index in [1.165, 1.54) is 4.90 Å². The van der Waals surface area contributed by atoms with Crippen LogP contribution in [0.25, 0.3) is 0 Å². The summed E-state index contributed by atoms with van der Waals surface area (Å²) in [5.41, 5.74) is 0.967. The standard InChI is InChI=1S/C14H15NO3/c1-17-13-8-5-9-15(10-13)14(16)18-11-12-6-3-2-4-7-12/h2-8,10H,9,11H2,1H3. The van der Waals surface area contributed by atoms with Gasteiger partial charge < -0.3 is 9.47 Å². The van der Waals surface area contributed by atoms with Gasteiger partial charge in [0.15, 0.2) is 0 Å². The molecule has 0 saturated carbocycles. The highest BCUT2D eigenvalue weighted by molar-refractivity contribution is 5.69. The summed E-state index contributed by atoms with van der Waals surface area (Å²) in [4.78, 5) is 13.3. The number of carbonyl (C=O) groups excluding carboxylic acids is 1. The minimum atomic E-state index is -0.377. The number of hydrogen-bond donors (Lipinski definition) is 0. The summed E-state index contributed by atoms with van der Waals surface area (Å²) < 4.78 is 10.3. The van der Waals surface area contributed by atoms with Gasteiger partial charge in [-0.2, -0.15) is 0 Å². The molecule has 0 aliphatic carbocycles. The molecule has 0 unspecified atom stereocenters. The minimum absolute atomic E-state index is 0.274. The molecule has 2 rings (SSSR count). The highest BCUT2D eigenvalue weighted by Crippen LogP contribution is 2.10. The third-order valence-corrected chi connectivity index (χ3v) is 2.54. The lowest BCUT2D eigenvalue weighted by Crippen LogP contribution is -2.28. The van der Waals surface area contributed by atoms with Gasteiger partial charge in [-0.1, -0.05) is 36.4 Å². The molecule has 1 aromatic rings. The van der Waals surface area contributed by atoms with E-state index in [1.54, 1.807) is 13.3 Å². The fraction of sp³-hybridized carbons (Fsp3) is 0.214. The molecule has 4 heteroatoms. The fourth-order valence-corrected chi connectivity index (χ4v) is 1.58. The van der Waals surface area contributed by atoms with Crippen LogP contribution in [0.15, 0.2) is 54.4 Å². The topological polar surface area (TPSA) is 38.8 Å². The Balaban J connectivity index is 1.89. The van der Waals surface area contributed by atoms with E-state index in [0.717, 1.165) is 5.56 Å². The first kappa shape index (κ1) is 12.2. The van der Waals surface area contributed by atoms with Crippen molar-refractivity contribution in [1.82, 2.24) is 4.90 Å². The third-order valence-electron chi connectivity index (χ3n) is 2.54. The molecule has 18 heavy (non-hydrogen) atoms. The van der Waals surface area contributed by atoms with Gasteiger partial charge in [-0.05, 0) is 11.6 Å². The second-order valence-electron chi connectivity index (χ2n) is 3.83. The maximum Gasteiger partial charge on any atom is 0.414 e. The Morgan fingerprint density at radius 2 is 2.11 bits per heavy atom. The second-order valence-corrected chi connectivity index (χ2v) is 3.83. The van der Waals surface area contributed by atoms with Crippen LogP contribution in [0.3, 0.4) is 0 Å². The molecule has 0 spiro atoms. The number of hydrogen-bond acceptors (Lipinski definition) is 3. The highest BCUT2D eigenvalue weighted by Gasteiger charge is 2.15. The summed E-state index contributed by atoms with van der Waals surface area (Å²) in [6.07, 6.45) is 4.93. The summed E-state index contributed by atoms with van der Waals surface area (Å²) >= 11 is 0. The molecule has 0 fully saturated rings. The van der Waals surface area contributed by atoms with Gasteiger partial charge in [0.1, 0.15) is 12.4 Å². The normalized spacial score (nSPS) is 14.1. The van der Waals surface area contributed by atoms with Crippen molar-refractivity contribution in [2.75, 3.05) is 13.7 Å². The number of nitrogens with zero attached hydrogens (tertiary/aromatic N) is 1. The predicted octanol–water partition coefficient (Wildman–Crippen LogP) is 2.68. The van der Waals surface area contributed by atoms with Gasteiger partial charge in [-0.15, -0.1) is 0 Å². The van der Waals surface area contributed by atoms with Crippen LogP contribution >= 0.6 is 0 Å². The van der Waals surface area contributed by atoms with Crippen molar-refractivity contribution in [3.05, 3.63) is 60.0 Å².